The molecule has 3 rings (SSSR count). The van der Waals surface area contributed by atoms with Crippen LogP contribution in [0.4, 0.5) is 11.5 Å². The van der Waals surface area contributed by atoms with Gasteiger partial charge in [0.25, 0.3) is 0 Å². The summed E-state index contributed by atoms with van der Waals surface area (Å²) in [5.74, 6) is 0.703. The fourth-order valence-electron chi connectivity index (χ4n) is 2.21. The maximum atomic E-state index is 11.8. The van der Waals surface area contributed by atoms with Gasteiger partial charge in [0.1, 0.15) is 12.2 Å². The van der Waals surface area contributed by atoms with Crippen LogP contribution in [0.3, 0.4) is 0 Å². The van der Waals surface area contributed by atoms with Crippen LogP contribution in [0, 0.1) is 0 Å². The van der Waals surface area contributed by atoms with Crippen molar-refractivity contribution in [2.75, 3.05) is 25.2 Å². The number of benzene rings is 1. The van der Waals surface area contributed by atoms with Crippen molar-refractivity contribution < 1.29 is 14.3 Å². The first-order chi connectivity index (χ1) is 10.2. The van der Waals surface area contributed by atoms with Crippen molar-refractivity contribution in [1.82, 2.24) is 10.2 Å². The van der Waals surface area contributed by atoms with Crippen molar-refractivity contribution >= 4 is 29.1 Å². The van der Waals surface area contributed by atoms with Crippen LogP contribution in [0.1, 0.15) is 10.4 Å². The molecule has 1 aromatic carbocycles. The van der Waals surface area contributed by atoms with E-state index in [4.69, 9.17) is 21.1 Å². The SMILES string of the molecule is COC(=O)c1cccc2c1OCCN2c1ccc(Cl)nn1. The van der Waals surface area contributed by atoms with Crippen molar-refractivity contribution in [1.29, 1.82) is 0 Å². The van der Waals surface area contributed by atoms with Crippen molar-refractivity contribution in [2.24, 2.45) is 0 Å². The standard InChI is InChI=1S/C14H12ClN3O3/c1-20-14(19)9-3-2-4-10-13(9)21-8-7-18(10)12-6-5-11(15)16-17-12/h2-6H,7-8H2,1H3. The molecule has 0 saturated heterocycles. The molecule has 21 heavy (non-hydrogen) atoms. The minimum atomic E-state index is -0.434. The monoisotopic (exact) mass is 305 g/mol. The average Bonchev–Trinajstić information content (AvgIpc) is 2.54. The number of rotatable bonds is 2. The second-order valence-corrected chi connectivity index (χ2v) is 4.75. The van der Waals surface area contributed by atoms with E-state index in [9.17, 15) is 4.79 Å². The Bertz CT molecular complexity index is 676. The Hall–Kier alpha value is -2.34. The van der Waals surface area contributed by atoms with E-state index >= 15 is 0 Å². The fraction of sp³-hybridized carbons (Fsp3) is 0.214. The highest BCUT2D eigenvalue weighted by Gasteiger charge is 2.25. The molecule has 0 bridgehead atoms. The van der Waals surface area contributed by atoms with Gasteiger partial charge in [-0.3, -0.25) is 0 Å². The van der Waals surface area contributed by atoms with E-state index in [2.05, 4.69) is 10.2 Å². The summed E-state index contributed by atoms with van der Waals surface area (Å²) in [6.07, 6.45) is 0. The number of para-hydroxylation sites is 1. The molecular weight excluding hydrogens is 294 g/mol. The first-order valence-corrected chi connectivity index (χ1v) is 6.69. The molecular formula is C14H12ClN3O3. The first kappa shape index (κ1) is 13.6. The van der Waals surface area contributed by atoms with Gasteiger partial charge in [-0.25, -0.2) is 4.79 Å². The number of hydrogen-bond acceptors (Lipinski definition) is 6. The lowest BCUT2D eigenvalue weighted by molar-refractivity contribution is 0.0596. The lowest BCUT2D eigenvalue weighted by atomic mass is 10.1. The summed E-state index contributed by atoms with van der Waals surface area (Å²) >= 11 is 5.76. The molecule has 1 aliphatic rings. The summed E-state index contributed by atoms with van der Waals surface area (Å²) in [6.45, 7) is 1.04. The van der Waals surface area contributed by atoms with E-state index in [0.29, 0.717) is 35.4 Å². The summed E-state index contributed by atoms with van der Waals surface area (Å²) < 4.78 is 10.4. The molecule has 0 N–H and O–H groups in total. The summed E-state index contributed by atoms with van der Waals surface area (Å²) in [5, 5.41) is 8.24. The average molecular weight is 306 g/mol. The topological polar surface area (TPSA) is 64.6 Å². The third kappa shape index (κ3) is 2.50. The number of hydrogen-bond donors (Lipinski definition) is 0. The molecule has 1 aromatic heterocycles. The number of esters is 1. The minimum absolute atomic E-state index is 0.329. The number of halogens is 1. The van der Waals surface area contributed by atoms with Crippen LogP contribution in [-0.4, -0.2) is 36.4 Å². The number of fused-ring (bicyclic) bond motifs is 1. The maximum Gasteiger partial charge on any atom is 0.341 e. The van der Waals surface area contributed by atoms with Gasteiger partial charge in [0, 0.05) is 0 Å². The lowest BCUT2D eigenvalue weighted by Crippen LogP contribution is -2.30. The van der Waals surface area contributed by atoms with Crippen molar-refractivity contribution in [3.63, 3.8) is 0 Å². The third-order valence-corrected chi connectivity index (χ3v) is 3.35. The summed E-state index contributed by atoms with van der Waals surface area (Å²) in [4.78, 5) is 13.7. The van der Waals surface area contributed by atoms with E-state index in [0.717, 1.165) is 5.69 Å². The van der Waals surface area contributed by atoms with Crippen molar-refractivity contribution in [3.05, 3.63) is 41.0 Å². The number of anilines is 2. The normalized spacial score (nSPS) is 13.3. The Morgan fingerprint density at radius 2 is 2.19 bits per heavy atom. The number of methoxy groups -OCH3 is 1. The molecule has 0 radical (unpaired) electrons. The highest BCUT2D eigenvalue weighted by atomic mass is 35.5. The second-order valence-electron chi connectivity index (χ2n) is 4.36. The van der Waals surface area contributed by atoms with Crippen LogP contribution in [0.2, 0.25) is 5.15 Å². The van der Waals surface area contributed by atoms with Gasteiger partial charge in [0.2, 0.25) is 0 Å². The van der Waals surface area contributed by atoms with Crippen LogP contribution in [0.5, 0.6) is 5.75 Å². The molecule has 0 spiro atoms. The molecule has 2 heterocycles. The quantitative estimate of drug-likeness (QED) is 0.794. The molecule has 2 aromatic rings. The lowest BCUT2D eigenvalue weighted by Gasteiger charge is -2.30. The van der Waals surface area contributed by atoms with E-state index in [1.807, 2.05) is 11.0 Å². The number of aromatic nitrogens is 2. The van der Waals surface area contributed by atoms with Gasteiger partial charge < -0.3 is 14.4 Å². The zero-order chi connectivity index (χ0) is 14.8. The van der Waals surface area contributed by atoms with Gasteiger partial charge in [-0.2, -0.15) is 0 Å². The van der Waals surface area contributed by atoms with Gasteiger partial charge in [0.15, 0.2) is 16.7 Å². The molecule has 6 nitrogen and oxygen atoms in total. The zero-order valence-electron chi connectivity index (χ0n) is 11.2. The molecule has 0 atom stereocenters. The largest absolute Gasteiger partial charge is 0.489 e. The van der Waals surface area contributed by atoms with E-state index in [1.54, 1.807) is 24.3 Å². The molecule has 0 unspecified atom stereocenters. The highest BCUT2D eigenvalue weighted by molar-refractivity contribution is 6.29. The predicted molar refractivity (Wildman–Crippen MR) is 77.3 cm³/mol. The zero-order valence-corrected chi connectivity index (χ0v) is 12.0. The van der Waals surface area contributed by atoms with Gasteiger partial charge >= 0.3 is 5.97 Å². The van der Waals surface area contributed by atoms with Crippen LogP contribution in [-0.2, 0) is 4.74 Å². The van der Waals surface area contributed by atoms with Crippen LogP contribution in [0.15, 0.2) is 30.3 Å². The molecule has 0 aliphatic carbocycles. The predicted octanol–water partition coefficient (Wildman–Crippen LogP) is 2.45. The molecule has 0 saturated carbocycles. The second kappa shape index (κ2) is 5.57. The maximum absolute atomic E-state index is 11.8. The molecule has 1 aliphatic heterocycles. The van der Waals surface area contributed by atoms with Gasteiger partial charge in [-0.05, 0) is 24.3 Å². The summed E-state index contributed by atoms with van der Waals surface area (Å²) in [7, 11) is 1.34. The number of nitrogens with zero attached hydrogens (tertiary/aromatic N) is 3. The van der Waals surface area contributed by atoms with Crippen molar-refractivity contribution in [3.8, 4) is 5.75 Å². The van der Waals surface area contributed by atoms with Crippen LogP contribution >= 0.6 is 11.6 Å². The van der Waals surface area contributed by atoms with Crippen LogP contribution < -0.4 is 9.64 Å². The Labute approximate surface area is 126 Å². The molecule has 7 heteroatoms. The van der Waals surface area contributed by atoms with E-state index in [-0.39, 0.29) is 0 Å². The molecule has 108 valence electrons. The minimum Gasteiger partial charge on any atom is -0.489 e. The molecule has 0 amide bonds. The number of ether oxygens (including phenoxy) is 2. The highest BCUT2D eigenvalue weighted by Crippen LogP contribution is 2.38. The Balaban J connectivity index is 2.06. The number of carbonyl (C=O) groups excluding carboxylic acids is 1. The number of carbonyl (C=O) groups is 1. The van der Waals surface area contributed by atoms with Gasteiger partial charge in [-0.1, -0.05) is 17.7 Å². The fourth-order valence-corrected chi connectivity index (χ4v) is 2.31. The van der Waals surface area contributed by atoms with Crippen LogP contribution in [0.25, 0.3) is 0 Å². The molecule has 0 fully saturated rings. The Morgan fingerprint density at radius 1 is 1.33 bits per heavy atom. The van der Waals surface area contributed by atoms with Gasteiger partial charge in [-0.15, -0.1) is 10.2 Å². The van der Waals surface area contributed by atoms with Crippen molar-refractivity contribution in [2.45, 2.75) is 0 Å². The summed E-state index contributed by atoms with van der Waals surface area (Å²) in [6, 6.07) is 8.74. The Kier molecular flexibility index (Phi) is 3.62. The van der Waals surface area contributed by atoms with E-state index < -0.39 is 5.97 Å². The first-order valence-electron chi connectivity index (χ1n) is 6.31. The van der Waals surface area contributed by atoms with Gasteiger partial charge in [0.05, 0.1) is 19.3 Å². The smallest absolute Gasteiger partial charge is 0.341 e. The summed E-state index contributed by atoms with van der Waals surface area (Å²) in [5.41, 5.74) is 1.14. The Morgan fingerprint density at radius 3 is 2.90 bits per heavy atom. The van der Waals surface area contributed by atoms with E-state index in [1.165, 1.54) is 7.11 Å². The third-order valence-electron chi connectivity index (χ3n) is 3.15.